The van der Waals surface area contributed by atoms with Crippen molar-refractivity contribution >= 4 is 12.0 Å². The van der Waals surface area contributed by atoms with E-state index in [4.69, 9.17) is 4.74 Å². The van der Waals surface area contributed by atoms with Crippen LogP contribution >= 0.6 is 0 Å². The van der Waals surface area contributed by atoms with Crippen molar-refractivity contribution in [3.05, 3.63) is 54.1 Å². The zero-order valence-corrected chi connectivity index (χ0v) is 11.5. The summed E-state index contributed by atoms with van der Waals surface area (Å²) < 4.78 is 5.08. The van der Waals surface area contributed by atoms with E-state index < -0.39 is 0 Å². The minimum Gasteiger partial charge on any atom is -0.497 e. The van der Waals surface area contributed by atoms with Crippen molar-refractivity contribution < 1.29 is 9.53 Å². The molecule has 0 saturated heterocycles. The summed E-state index contributed by atoms with van der Waals surface area (Å²) in [6, 6.07) is 7.51. The molecule has 1 N–H and O–H groups in total. The number of imidazole rings is 1. The lowest BCUT2D eigenvalue weighted by Crippen LogP contribution is -2.24. The highest BCUT2D eigenvalue weighted by Gasteiger charge is 2.06. The molecule has 2 rings (SSSR count). The third kappa shape index (κ3) is 3.71. The molecule has 5 nitrogen and oxygen atoms in total. The lowest BCUT2D eigenvalue weighted by Gasteiger charge is -2.12. The first-order valence-electron chi connectivity index (χ1n) is 6.24. The van der Waals surface area contributed by atoms with Crippen LogP contribution in [-0.2, 0) is 11.3 Å². The number of hydrogen-bond donors (Lipinski definition) is 1. The fourth-order valence-electron chi connectivity index (χ4n) is 1.70. The summed E-state index contributed by atoms with van der Waals surface area (Å²) in [5, 5.41) is 0. The van der Waals surface area contributed by atoms with Crippen molar-refractivity contribution in [3.8, 4) is 5.75 Å². The Hall–Kier alpha value is -2.56. The Morgan fingerprint density at radius 3 is 2.75 bits per heavy atom. The van der Waals surface area contributed by atoms with E-state index in [1.54, 1.807) is 43.6 Å². The van der Waals surface area contributed by atoms with Gasteiger partial charge in [-0.25, -0.2) is 4.98 Å². The molecule has 104 valence electrons. The molecule has 0 spiro atoms. The lowest BCUT2D eigenvalue weighted by molar-refractivity contribution is -0.125. The van der Waals surface area contributed by atoms with E-state index in [-0.39, 0.29) is 5.91 Å². The van der Waals surface area contributed by atoms with Crippen LogP contribution in [0.15, 0.2) is 42.7 Å². The number of likely N-dealkylation sites (N-methyl/N-ethyl adjacent to an activating group) is 1. The average Bonchev–Trinajstić information content (AvgIpc) is 2.98. The first-order valence-corrected chi connectivity index (χ1v) is 6.24. The standard InChI is InChI=1S/C15H17N3O2/c1-18(11-14-16-9-10-17-14)15(19)8-5-12-3-6-13(20-2)7-4-12/h3-10H,11H2,1-2H3,(H,16,17). The molecule has 0 aliphatic carbocycles. The highest BCUT2D eigenvalue weighted by atomic mass is 16.5. The second-order valence-corrected chi connectivity index (χ2v) is 4.34. The van der Waals surface area contributed by atoms with E-state index in [1.165, 1.54) is 0 Å². The van der Waals surface area contributed by atoms with Crippen LogP contribution in [0.5, 0.6) is 5.75 Å². The maximum Gasteiger partial charge on any atom is 0.246 e. The summed E-state index contributed by atoms with van der Waals surface area (Å²) in [4.78, 5) is 20.6. The molecule has 0 aliphatic heterocycles. The van der Waals surface area contributed by atoms with Gasteiger partial charge in [-0.1, -0.05) is 12.1 Å². The Morgan fingerprint density at radius 2 is 2.15 bits per heavy atom. The number of nitrogens with zero attached hydrogens (tertiary/aromatic N) is 2. The Labute approximate surface area is 117 Å². The van der Waals surface area contributed by atoms with Gasteiger partial charge in [0.15, 0.2) is 0 Å². The van der Waals surface area contributed by atoms with E-state index in [0.717, 1.165) is 17.1 Å². The SMILES string of the molecule is COc1ccc(C=CC(=O)N(C)Cc2ncc[nH]2)cc1. The zero-order valence-electron chi connectivity index (χ0n) is 11.5. The molecule has 1 amide bonds. The number of rotatable bonds is 5. The van der Waals surface area contributed by atoms with E-state index in [9.17, 15) is 4.79 Å². The molecule has 1 heterocycles. The van der Waals surface area contributed by atoms with Gasteiger partial charge in [0.05, 0.1) is 13.7 Å². The largest absolute Gasteiger partial charge is 0.497 e. The lowest BCUT2D eigenvalue weighted by atomic mass is 10.2. The monoisotopic (exact) mass is 271 g/mol. The first kappa shape index (κ1) is 13.9. The molecule has 0 fully saturated rings. The first-order chi connectivity index (χ1) is 9.69. The maximum absolute atomic E-state index is 11.9. The second kappa shape index (κ2) is 6.56. The number of carbonyl (C=O) groups excluding carboxylic acids is 1. The summed E-state index contributed by atoms with van der Waals surface area (Å²) in [6.07, 6.45) is 6.73. The fourth-order valence-corrected chi connectivity index (χ4v) is 1.70. The van der Waals surface area contributed by atoms with Crippen LogP contribution in [0, 0.1) is 0 Å². The highest BCUT2D eigenvalue weighted by Crippen LogP contribution is 2.12. The Bertz CT molecular complexity index is 574. The van der Waals surface area contributed by atoms with Crippen LogP contribution in [0.25, 0.3) is 6.08 Å². The predicted octanol–water partition coefficient (Wildman–Crippen LogP) is 2.09. The van der Waals surface area contributed by atoms with Gasteiger partial charge >= 0.3 is 0 Å². The second-order valence-electron chi connectivity index (χ2n) is 4.34. The maximum atomic E-state index is 11.9. The molecule has 2 aromatic rings. The van der Waals surface area contributed by atoms with Crippen LogP contribution in [0.4, 0.5) is 0 Å². The van der Waals surface area contributed by atoms with Crippen molar-refractivity contribution in [2.24, 2.45) is 0 Å². The summed E-state index contributed by atoms with van der Waals surface area (Å²) >= 11 is 0. The molecule has 0 aliphatic rings. The normalized spacial score (nSPS) is 10.7. The smallest absolute Gasteiger partial charge is 0.246 e. The zero-order chi connectivity index (χ0) is 14.4. The van der Waals surface area contributed by atoms with Gasteiger partial charge in [0.2, 0.25) is 5.91 Å². The average molecular weight is 271 g/mol. The minimum atomic E-state index is -0.0720. The van der Waals surface area contributed by atoms with Gasteiger partial charge in [0, 0.05) is 25.5 Å². The van der Waals surface area contributed by atoms with E-state index >= 15 is 0 Å². The van der Waals surface area contributed by atoms with Gasteiger partial charge in [0.1, 0.15) is 11.6 Å². The van der Waals surface area contributed by atoms with E-state index in [0.29, 0.717) is 6.54 Å². The van der Waals surface area contributed by atoms with Crippen molar-refractivity contribution in [1.82, 2.24) is 14.9 Å². The van der Waals surface area contributed by atoms with E-state index in [1.807, 2.05) is 24.3 Å². The number of methoxy groups -OCH3 is 1. The Kier molecular flexibility index (Phi) is 4.55. The van der Waals surface area contributed by atoms with Gasteiger partial charge in [-0.2, -0.15) is 0 Å². The molecule has 0 saturated carbocycles. The molecule has 1 aromatic carbocycles. The summed E-state index contributed by atoms with van der Waals surface area (Å²) in [6.45, 7) is 0.457. The van der Waals surface area contributed by atoms with Gasteiger partial charge < -0.3 is 14.6 Å². The molecular weight excluding hydrogens is 254 g/mol. The number of amides is 1. The number of carbonyl (C=O) groups is 1. The minimum absolute atomic E-state index is 0.0720. The van der Waals surface area contributed by atoms with Crippen LogP contribution < -0.4 is 4.74 Å². The third-order valence-electron chi connectivity index (χ3n) is 2.85. The van der Waals surface area contributed by atoms with Crippen LogP contribution in [0.3, 0.4) is 0 Å². The number of aromatic nitrogens is 2. The fraction of sp³-hybridized carbons (Fsp3) is 0.200. The number of benzene rings is 1. The number of H-pyrrole nitrogens is 1. The van der Waals surface area contributed by atoms with Gasteiger partial charge in [0.25, 0.3) is 0 Å². The number of hydrogen-bond acceptors (Lipinski definition) is 3. The Balaban J connectivity index is 1.93. The van der Waals surface area contributed by atoms with Crippen LogP contribution in [0.2, 0.25) is 0 Å². The topological polar surface area (TPSA) is 58.2 Å². The molecule has 0 radical (unpaired) electrons. The van der Waals surface area contributed by atoms with Crippen molar-refractivity contribution in [2.45, 2.75) is 6.54 Å². The number of nitrogens with one attached hydrogen (secondary N) is 1. The molecule has 5 heteroatoms. The van der Waals surface area contributed by atoms with Crippen molar-refractivity contribution in [1.29, 1.82) is 0 Å². The molecule has 0 bridgehead atoms. The van der Waals surface area contributed by atoms with Gasteiger partial charge in [-0.15, -0.1) is 0 Å². The van der Waals surface area contributed by atoms with Crippen LogP contribution in [-0.4, -0.2) is 34.9 Å². The quantitative estimate of drug-likeness (QED) is 0.847. The van der Waals surface area contributed by atoms with Crippen molar-refractivity contribution in [2.75, 3.05) is 14.2 Å². The van der Waals surface area contributed by atoms with Crippen molar-refractivity contribution in [3.63, 3.8) is 0 Å². The molecular formula is C15H17N3O2. The summed E-state index contributed by atoms with van der Waals surface area (Å²) in [5.41, 5.74) is 0.950. The summed E-state index contributed by atoms with van der Waals surface area (Å²) in [5.74, 6) is 1.49. The molecule has 20 heavy (non-hydrogen) atoms. The molecule has 0 unspecified atom stereocenters. The number of aromatic amines is 1. The third-order valence-corrected chi connectivity index (χ3v) is 2.85. The van der Waals surface area contributed by atoms with Crippen LogP contribution in [0.1, 0.15) is 11.4 Å². The van der Waals surface area contributed by atoms with E-state index in [2.05, 4.69) is 9.97 Å². The Morgan fingerprint density at radius 1 is 1.40 bits per heavy atom. The van der Waals surface area contributed by atoms with Gasteiger partial charge in [-0.05, 0) is 23.8 Å². The highest BCUT2D eigenvalue weighted by molar-refractivity contribution is 5.91. The summed E-state index contributed by atoms with van der Waals surface area (Å²) in [7, 11) is 3.36. The predicted molar refractivity (Wildman–Crippen MR) is 77.1 cm³/mol. The molecule has 1 aromatic heterocycles. The molecule has 0 atom stereocenters. The number of ether oxygens (including phenoxy) is 1. The van der Waals surface area contributed by atoms with Gasteiger partial charge in [-0.3, -0.25) is 4.79 Å².